The normalized spacial score (nSPS) is 14.2. The highest BCUT2D eigenvalue weighted by Gasteiger charge is 2.25. The molecule has 0 aliphatic heterocycles. The van der Waals surface area contributed by atoms with Crippen molar-refractivity contribution < 1.29 is 4.74 Å². The number of unbranched alkanes of at least 4 members (excludes halogenated alkanes) is 6. The van der Waals surface area contributed by atoms with Crippen LogP contribution in [0.4, 0.5) is 0 Å². The topological polar surface area (TPSA) is 9.23 Å². The monoisotopic (exact) mass is 276 g/mol. The van der Waals surface area contributed by atoms with Gasteiger partial charge < -0.3 is 4.74 Å². The molecule has 1 aromatic rings. The minimum absolute atomic E-state index is 0.112. The van der Waals surface area contributed by atoms with Crippen LogP contribution in [0.2, 0.25) is 0 Å². The molecular formula is C19H32O. The Balaban J connectivity index is 2.36. The molecule has 0 aliphatic rings. The minimum Gasteiger partial charge on any atom is -0.371 e. The standard InChI is InChI=1S/C19H32O/c1-4-6-7-8-9-10-14-17-19(3,20-5-2)18-15-12-11-13-16-18/h11-13,15-16H,4-10,14,17H2,1-3H3. The van der Waals surface area contributed by atoms with Gasteiger partial charge in [0.15, 0.2) is 0 Å². The van der Waals surface area contributed by atoms with Crippen molar-refractivity contribution in [3.8, 4) is 0 Å². The Hall–Kier alpha value is -0.820. The smallest absolute Gasteiger partial charge is 0.0903 e. The first-order valence-corrected chi connectivity index (χ1v) is 8.42. The van der Waals surface area contributed by atoms with Crippen LogP contribution in [0, 0.1) is 0 Å². The van der Waals surface area contributed by atoms with E-state index in [2.05, 4.69) is 51.1 Å². The Kier molecular flexibility index (Phi) is 8.60. The molecule has 1 unspecified atom stereocenters. The maximum absolute atomic E-state index is 6.06. The maximum Gasteiger partial charge on any atom is 0.0903 e. The summed E-state index contributed by atoms with van der Waals surface area (Å²) in [5.74, 6) is 0. The van der Waals surface area contributed by atoms with Crippen LogP contribution in [0.1, 0.15) is 77.7 Å². The fourth-order valence-corrected chi connectivity index (χ4v) is 2.83. The summed E-state index contributed by atoms with van der Waals surface area (Å²) in [4.78, 5) is 0. The van der Waals surface area contributed by atoms with Crippen molar-refractivity contribution in [3.05, 3.63) is 35.9 Å². The average Bonchev–Trinajstić information content (AvgIpc) is 2.47. The van der Waals surface area contributed by atoms with E-state index in [1.807, 2.05) is 0 Å². The lowest BCUT2D eigenvalue weighted by atomic mass is 9.89. The van der Waals surface area contributed by atoms with Gasteiger partial charge in [-0.2, -0.15) is 0 Å². The van der Waals surface area contributed by atoms with E-state index in [0.29, 0.717) is 0 Å². The largest absolute Gasteiger partial charge is 0.371 e. The van der Waals surface area contributed by atoms with Gasteiger partial charge in [-0.25, -0.2) is 0 Å². The van der Waals surface area contributed by atoms with Gasteiger partial charge in [0, 0.05) is 6.61 Å². The van der Waals surface area contributed by atoms with Crippen molar-refractivity contribution in [2.45, 2.75) is 77.7 Å². The molecule has 1 aromatic carbocycles. The van der Waals surface area contributed by atoms with Gasteiger partial charge in [0.05, 0.1) is 5.60 Å². The molecular weight excluding hydrogens is 244 g/mol. The Morgan fingerprint density at radius 1 is 0.850 bits per heavy atom. The first-order valence-electron chi connectivity index (χ1n) is 8.42. The van der Waals surface area contributed by atoms with Crippen LogP contribution in [0.15, 0.2) is 30.3 Å². The summed E-state index contributed by atoms with van der Waals surface area (Å²) in [7, 11) is 0. The summed E-state index contributed by atoms with van der Waals surface area (Å²) in [5.41, 5.74) is 1.20. The molecule has 0 spiro atoms. The third kappa shape index (κ3) is 6.09. The minimum atomic E-state index is -0.112. The lowest BCUT2D eigenvalue weighted by Crippen LogP contribution is -2.26. The first-order chi connectivity index (χ1) is 9.73. The van der Waals surface area contributed by atoms with Crippen LogP contribution in [-0.2, 0) is 10.3 Å². The van der Waals surface area contributed by atoms with Crippen LogP contribution in [0.3, 0.4) is 0 Å². The van der Waals surface area contributed by atoms with Gasteiger partial charge >= 0.3 is 0 Å². The number of ether oxygens (including phenoxy) is 1. The molecule has 0 N–H and O–H groups in total. The Morgan fingerprint density at radius 3 is 2.05 bits per heavy atom. The summed E-state index contributed by atoms with van der Waals surface area (Å²) in [5, 5.41) is 0. The Labute approximate surface area is 125 Å². The number of benzene rings is 1. The molecule has 0 aromatic heterocycles. The fraction of sp³-hybridized carbons (Fsp3) is 0.684. The van der Waals surface area contributed by atoms with E-state index in [0.717, 1.165) is 13.0 Å². The lowest BCUT2D eigenvalue weighted by Gasteiger charge is -2.30. The Morgan fingerprint density at radius 2 is 1.45 bits per heavy atom. The van der Waals surface area contributed by atoms with Crippen molar-refractivity contribution in [2.24, 2.45) is 0 Å². The van der Waals surface area contributed by atoms with Gasteiger partial charge in [0.25, 0.3) is 0 Å². The third-order valence-electron chi connectivity index (χ3n) is 4.10. The molecule has 1 heteroatoms. The summed E-state index contributed by atoms with van der Waals surface area (Å²) >= 11 is 0. The molecule has 0 aliphatic carbocycles. The van der Waals surface area contributed by atoms with Gasteiger partial charge in [-0.3, -0.25) is 0 Å². The predicted octanol–water partition coefficient (Wildman–Crippen LogP) is 6.08. The van der Waals surface area contributed by atoms with Crippen molar-refractivity contribution in [1.82, 2.24) is 0 Å². The maximum atomic E-state index is 6.06. The van der Waals surface area contributed by atoms with Crippen molar-refractivity contribution in [2.75, 3.05) is 6.61 Å². The van der Waals surface area contributed by atoms with E-state index in [4.69, 9.17) is 4.74 Å². The third-order valence-corrected chi connectivity index (χ3v) is 4.10. The number of rotatable bonds is 11. The highest BCUT2D eigenvalue weighted by atomic mass is 16.5. The molecule has 1 rings (SSSR count). The number of hydrogen-bond acceptors (Lipinski definition) is 1. The molecule has 0 fully saturated rings. The van der Waals surface area contributed by atoms with Crippen LogP contribution >= 0.6 is 0 Å². The predicted molar refractivity (Wildman–Crippen MR) is 88.0 cm³/mol. The fourth-order valence-electron chi connectivity index (χ4n) is 2.83. The summed E-state index contributed by atoms with van der Waals surface area (Å²) in [6.07, 6.45) is 10.6. The summed E-state index contributed by atoms with van der Waals surface area (Å²) in [6, 6.07) is 10.7. The van der Waals surface area contributed by atoms with Crippen LogP contribution < -0.4 is 0 Å². The second-order valence-corrected chi connectivity index (χ2v) is 5.90. The summed E-state index contributed by atoms with van der Waals surface area (Å²) in [6.45, 7) is 7.38. The molecule has 0 saturated heterocycles. The molecule has 0 saturated carbocycles. The molecule has 0 radical (unpaired) electrons. The molecule has 114 valence electrons. The molecule has 0 amide bonds. The SMILES string of the molecule is CCCCCCCCCC(C)(OCC)c1ccccc1. The van der Waals surface area contributed by atoms with E-state index in [-0.39, 0.29) is 5.60 Å². The van der Waals surface area contributed by atoms with Gasteiger partial charge in [-0.05, 0) is 25.8 Å². The van der Waals surface area contributed by atoms with Crippen LogP contribution in [0.25, 0.3) is 0 Å². The van der Waals surface area contributed by atoms with E-state index in [1.54, 1.807) is 0 Å². The molecule has 1 atom stereocenters. The molecule has 0 bridgehead atoms. The van der Waals surface area contributed by atoms with Gasteiger partial charge in [-0.1, -0.05) is 82.2 Å². The van der Waals surface area contributed by atoms with E-state index in [9.17, 15) is 0 Å². The second kappa shape index (κ2) is 9.99. The highest BCUT2D eigenvalue weighted by molar-refractivity contribution is 5.21. The van der Waals surface area contributed by atoms with E-state index < -0.39 is 0 Å². The quantitative estimate of drug-likeness (QED) is 0.445. The Bertz CT molecular complexity index is 333. The van der Waals surface area contributed by atoms with E-state index >= 15 is 0 Å². The van der Waals surface area contributed by atoms with Gasteiger partial charge in [0.2, 0.25) is 0 Å². The lowest BCUT2D eigenvalue weighted by molar-refractivity contribution is -0.0376. The molecule has 20 heavy (non-hydrogen) atoms. The van der Waals surface area contributed by atoms with Crippen LogP contribution in [-0.4, -0.2) is 6.61 Å². The highest BCUT2D eigenvalue weighted by Crippen LogP contribution is 2.31. The zero-order valence-corrected chi connectivity index (χ0v) is 13.7. The second-order valence-electron chi connectivity index (χ2n) is 5.90. The van der Waals surface area contributed by atoms with Crippen molar-refractivity contribution >= 4 is 0 Å². The first kappa shape index (κ1) is 17.2. The molecule has 1 nitrogen and oxygen atoms in total. The summed E-state index contributed by atoms with van der Waals surface area (Å²) < 4.78 is 6.06. The molecule has 0 heterocycles. The number of hydrogen-bond donors (Lipinski definition) is 0. The van der Waals surface area contributed by atoms with Crippen molar-refractivity contribution in [3.63, 3.8) is 0 Å². The van der Waals surface area contributed by atoms with Crippen molar-refractivity contribution in [1.29, 1.82) is 0 Å². The van der Waals surface area contributed by atoms with Crippen LogP contribution in [0.5, 0.6) is 0 Å². The average molecular weight is 276 g/mol. The van der Waals surface area contributed by atoms with Gasteiger partial charge in [-0.15, -0.1) is 0 Å². The zero-order chi connectivity index (χ0) is 14.7. The van der Waals surface area contributed by atoms with Gasteiger partial charge in [0.1, 0.15) is 0 Å². The zero-order valence-electron chi connectivity index (χ0n) is 13.7. The van der Waals surface area contributed by atoms with E-state index in [1.165, 1.54) is 50.5 Å².